The standard InChI is InChI=1S/2C12H20N4O2/c2*1-9(17-3)5-11(7-13)15-16-12(8-14)6-10(2)18-4/h2*9-12H,5-6H2,1-4H3. The van der Waals surface area contributed by atoms with E-state index in [-0.39, 0.29) is 24.4 Å². The first kappa shape index (κ1) is 35.2. The number of hydrogen-bond acceptors (Lipinski definition) is 12. The first-order valence-electron chi connectivity index (χ1n) is 11.6. The van der Waals surface area contributed by atoms with Crippen molar-refractivity contribution in [1.29, 1.82) is 21.0 Å². The minimum Gasteiger partial charge on any atom is -0.382 e. The lowest BCUT2D eigenvalue weighted by Crippen LogP contribution is -2.16. The Labute approximate surface area is 215 Å². The van der Waals surface area contributed by atoms with Crippen molar-refractivity contribution < 1.29 is 18.9 Å². The molecule has 36 heavy (non-hydrogen) atoms. The fourth-order valence-electron chi connectivity index (χ4n) is 2.47. The Balaban J connectivity index is 0. The summed E-state index contributed by atoms with van der Waals surface area (Å²) in [4.78, 5) is 0. The zero-order chi connectivity index (χ0) is 27.9. The molecule has 12 heteroatoms. The van der Waals surface area contributed by atoms with Crippen molar-refractivity contribution in [3.63, 3.8) is 0 Å². The van der Waals surface area contributed by atoms with Crippen LogP contribution in [0.2, 0.25) is 0 Å². The fraction of sp³-hybridized carbons (Fsp3) is 0.833. The number of ether oxygens (including phenoxy) is 4. The monoisotopic (exact) mass is 504 g/mol. The third-order valence-corrected chi connectivity index (χ3v) is 5.12. The van der Waals surface area contributed by atoms with Crippen molar-refractivity contribution in [3.8, 4) is 24.3 Å². The van der Waals surface area contributed by atoms with Gasteiger partial charge in [0.15, 0.2) is 24.2 Å². The molecule has 0 fully saturated rings. The van der Waals surface area contributed by atoms with Crippen LogP contribution in [0.5, 0.6) is 0 Å². The molecule has 0 amide bonds. The van der Waals surface area contributed by atoms with Gasteiger partial charge in [-0.15, -0.1) is 0 Å². The van der Waals surface area contributed by atoms with Gasteiger partial charge in [-0.3, -0.25) is 0 Å². The molecule has 0 saturated heterocycles. The predicted molar refractivity (Wildman–Crippen MR) is 132 cm³/mol. The first-order chi connectivity index (χ1) is 17.1. The van der Waals surface area contributed by atoms with Gasteiger partial charge >= 0.3 is 0 Å². The molecule has 0 aromatic rings. The number of rotatable bonds is 16. The van der Waals surface area contributed by atoms with Crippen LogP contribution in [0, 0.1) is 45.3 Å². The average molecular weight is 505 g/mol. The summed E-state index contributed by atoms with van der Waals surface area (Å²) < 4.78 is 20.2. The van der Waals surface area contributed by atoms with Crippen LogP contribution in [0.3, 0.4) is 0 Å². The van der Waals surface area contributed by atoms with E-state index in [4.69, 9.17) is 40.0 Å². The van der Waals surface area contributed by atoms with Gasteiger partial charge in [-0.2, -0.15) is 41.5 Å². The number of hydrogen-bond donors (Lipinski definition) is 0. The van der Waals surface area contributed by atoms with Crippen LogP contribution in [0.15, 0.2) is 20.5 Å². The molecule has 0 aliphatic carbocycles. The predicted octanol–water partition coefficient (Wildman–Crippen LogP) is 4.15. The number of methoxy groups -OCH3 is 4. The van der Waals surface area contributed by atoms with Crippen molar-refractivity contribution >= 4 is 0 Å². The van der Waals surface area contributed by atoms with Gasteiger partial charge in [-0.25, -0.2) is 0 Å². The van der Waals surface area contributed by atoms with E-state index in [0.717, 1.165) is 0 Å². The van der Waals surface area contributed by atoms with Gasteiger partial charge in [0.1, 0.15) is 0 Å². The van der Waals surface area contributed by atoms with E-state index in [1.165, 1.54) is 0 Å². The molecule has 0 spiro atoms. The summed E-state index contributed by atoms with van der Waals surface area (Å²) in [5.41, 5.74) is 0. The summed E-state index contributed by atoms with van der Waals surface area (Å²) in [6.45, 7) is 7.42. The Morgan fingerprint density at radius 2 is 0.611 bits per heavy atom. The molecule has 0 rings (SSSR count). The molecule has 0 aliphatic heterocycles. The lowest BCUT2D eigenvalue weighted by Gasteiger charge is -2.12. The molecule has 8 atom stereocenters. The molecule has 0 bridgehead atoms. The normalized spacial score (nSPS) is 17.7. The van der Waals surface area contributed by atoms with Gasteiger partial charge in [0.25, 0.3) is 0 Å². The quantitative estimate of drug-likeness (QED) is 0.281. The maximum Gasteiger partial charge on any atom is 0.159 e. The van der Waals surface area contributed by atoms with Crippen LogP contribution < -0.4 is 0 Å². The SMILES string of the molecule is COC(C)CC(C#N)N=NC(C#N)CC(C)OC.COC(C)CC(C#N)N=NC(C#N)CC(C)OC. The van der Waals surface area contributed by atoms with Crippen molar-refractivity contribution in [2.75, 3.05) is 28.4 Å². The molecule has 0 N–H and O–H groups in total. The summed E-state index contributed by atoms with van der Waals surface area (Å²) in [7, 11) is 6.31. The minimum atomic E-state index is -0.575. The zero-order valence-electron chi connectivity index (χ0n) is 22.7. The number of nitriles is 4. The Kier molecular flexibility index (Phi) is 21.9. The van der Waals surface area contributed by atoms with Gasteiger partial charge in [0.2, 0.25) is 0 Å². The molecule has 0 saturated carbocycles. The van der Waals surface area contributed by atoms with E-state index in [1.807, 2.05) is 52.0 Å². The molecule has 0 aromatic heterocycles. The zero-order valence-corrected chi connectivity index (χ0v) is 22.7. The van der Waals surface area contributed by atoms with Crippen LogP contribution in [0.4, 0.5) is 0 Å². The molecular weight excluding hydrogens is 464 g/mol. The van der Waals surface area contributed by atoms with Crippen molar-refractivity contribution in [3.05, 3.63) is 0 Å². The lowest BCUT2D eigenvalue weighted by molar-refractivity contribution is 0.105. The Hall–Kier alpha value is -3.00. The summed E-state index contributed by atoms with van der Waals surface area (Å²) in [6, 6.07) is 5.83. The Morgan fingerprint density at radius 1 is 0.444 bits per heavy atom. The third kappa shape index (κ3) is 18.3. The summed E-state index contributed by atoms with van der Waals surface area (Å²) in [6.07, 6.45) is 1.62. The summed E-state index contributed by atoms with van der Waals surface area (Å²) in [5, 5.41) is 51.2. The maximum atomic E-state index is 8.92. The molecule has 0 radical (unpaired) electrons. The molecule has 200 valence electrons. The second kappa shape index (κ2) is 22.5. The number of azo groups is 2. The third-order valence-electron chi connectivity index (χ3n) is 5.12. The highest BCUT2D eigenvalue weighted by Gasteiger charge is 2.15. The van der Waals surface area contributed by atoms with E-state index < -0.39 is 24.2 Å². The molecule has 0 aliphatic rings. The van der Waals surface area contributed by atoms with E-state index in [2.05, 4.69) is 20.5 Å². The van der Waals surface area contributed by atoms with E-state index in [0.29, 0.717) is 25.7 Å². The van der Waals surface area contributed by atoms with Crippen LogP contribution in [-0.2, 0) is 18.9 Å². The minimum absolute atomic E-state index is 0.0629. The molecule has 12 nitrogen and oxygen atoms in total. The van der Waals surface area contributed by atoms with Gasteiger partial charge < -0.3 is 18.9 Å². The van der Waals surface area contributed by atoms with Crippen LogP contribution in [0.25, 0.3) is 0 Å². The van der Waals surface area contributed by atoms with Gasteiger partial charge in [0, 0.05) is 54.1 Å². The molecule has 8 unspecified atom stereocenters. The van der Waals surface area contributed by atoms with E-state index in [9.17, 15) is 0 Å². The second-order valence-electron chi connectivity index (χ2n) is 8.17. The average Bonchev–Trinajstić information content (AvgIpc) is 2.90. The van der Waals surface area contributed by atoms with Crippen molar-refractivity contribution in [1.82, 2.24) is 0 Å². The Morgan fingerprint density at radius 3 is 0.722 bits per heavy atom. The lowest BCUT2D eigenvalue weighted by atomic mass is 10.1. The maximum absolute atomic E-state index is 8.92. The van der Waals surface area contributed by atoms with Gasteiger partial charge in [-0.05, 0) is 27.7 Å². The number of nitrogens with zero attached hydrogens (tertiary/aromatic N) is 8. The van der Waals surface area contributed by atoms with Crippen molar-refractivity contribution in [2.24, 2.45) is 20.5 Å². The van der Waals surface area contributed by atoms with E-state index in [1.54, 1.807) is 28.4 Å². The topological polar surface area (TPSA) is 182 Å². The van der Waals surface area contributed by atoms with Gasteiger partial charge in [0.05, 0.1) is 48.7 Å². The van der Waals surface area contributed by atoms with Crippen molar-refractivity contribution in [2.45, 2.75) is 102 Å². The largest absolute Gasteiger partial charge is 0.382 e. The summed E-state index contributed by atoms with van der Waals surface area (Å²) >= 11 is 0. The second-order valence-corrected chi connectivity index (χ2v) is 8.17. The Bertz CT molecular complexity index is 666. The van der Waals surface area contributed by atoms with Crippen LogP contribution in [0.1, 0.15) is 53.4 Å². The molecular formula is C24H40N8O4. The summed E-state index contributed by atoms with van der Waals surface area (Å²) in [5.74, 6) is 0. The smallest absolute Gasteiger partial charge is 0.159 e. The van der Waals surface area contributed by atoms with Crippen LogP contribution >= 0.6 is 0 Å². The fourth-order valence-corrected chi connectivity index (χ4v) is 2.47. The highest BCUT2D eigenvalue weighted by Crippen LogP contribution is 2.10. The van der Waals surface area contributed by atoms with E-state index >= 15 is 0 Å². The van der Waals surface area contributed by atoms with Crippen LogP contribution in [-0.4, -0.2) is 77.0 Å². The first-order valence-corrected chi connectivity index (χ1v) is 11.6. The highest BCUT2D eigenvalue weighted by atomic mass is 16.5. The van der Waals surface area contributed by atoms with Gasteiger partial charge in [-0.1, -0.05) is 0 Å². The molecule has 0 aromatic carbocycles. The highest BCUT2D eigenvalue weighted by molar-refractivity contribution is 4.95. The molecule has 0 heterocycles.